The molecule has 3 aromatic rings. The number of halogens is 1. The van der Waals surface area contributed by atoms with E-state index in [1.165, 1.54) is 43.5 Å². The van der Waals surface area contributed by atoms with Crippen molar-refractivity contribution in [1.82, 2.24) is 14.8 Å². The van der Waals surface area contributed by atoms with Crippen LogP contribution in [0.15, 0.2) is 59.8 Å². The van der Waals surface area contributed by atoms with E-state index < -0.39 is 5.82 Å². The van der Waals surface area contributed by atoms with Gasteiger partial charge in [0.2, 0.25) is 5.91 Å². The van der Waals surface area contributed by atoms with Crippen LogP contribution in [-0.2, 0) is 11.4 Å². The highest BCUT2D eigenvalue weighted by atomic mass is 32.2. The van der Waals surface area contributed by atoms with E-state index in [2.05, 4.69) is 21.7 Å². The van der Waals surface area contributed by atoms with Crippen LogP contribution in [0.4, 0.5) is 10.1 Å². The molecule has 0 saturated heterocycles. The monoisotopic (exact) mass is 494 g/mol. The summed E-state index contributed by atoms with van der Waals surface area (Å²) in [5.74, 6) is 2.80. The lowest BCUT2D eigenvalue weighted by molar-refractivity contribution is -0.115. The fourth-order valence-corrected chi connectivity index (χ4v) is 6.67. The lowest BCUT2D eigenvalue weighted by Gasteiger charge is -2.30. The fraction of sp³-hybridized carbons (Fsp3) is 0.444. The fourth-order valence-electron chi connectivity index (χ4n) is 5.71. The molecule has 2 saturated carbocycles. The molecule has 0 N–H and O–H groups in total. The van der Waals surface area contributed by atoms with E-state index in [0.29, 0.717) is 16.9 Å². The van der Waals surface area contributed by atoms with Gasteiger partial charge in [0.1, 0.15) is 6.61 Å². The molecule has 184 valence electrons. The first-order chi connectivity index (χ1) is 17.0. The number of ether oxygens (including phenoxy) is 1. The van der Waals surface area contributed by atoms with Crippen LogP contribution in [0, 0.1) is 23.6 Å². The summed E-state index contributed by atoms with van der Waals surface area (Å²) in [5, 5.41) is 9.57. The highest BCUT2D eigenvalue weighted by Crippen LogP contribution is 2.52. The molecule has 0 spiro atoms. The Morgan fingerprint density at radius 2 is 1.91 bits per heavy atom. The molecule has 1 heterocycles. The predicted octanol–water partition coefficient (Wildman–Crippen LogP) is 5.75. The van der Waals surface area contributed by atoms with Gasteiger partial charge in [-0.25, -0.2) is 4.39 Å². The predicted molar refractivity (Wildman–Crippen MR) is 135 cm³/mol. The van der Waals surface area contributed by atoms with Crippen molar-refractivity contribution in [2.24, 2.45) is 17.8 Å². The minimum atomic E-state index is -0.399. The second-order valence-electron chi connectivity index (χ2n) is 9.64. The van der Waals surface area contributed by atoms with Gasteiger partial charge in [0.05, 0.1) is 5.75 Å². The third kappa shape index (κ3) is 5.08. The largest absolute Gasteiger partial charge is 0.483 e. The number of nitrogens with zero attached hydrogens (tertiary/aromatic N) is 4. The summed E-state index contributed by atoms with van der Waals surface area (Å²) in [6, 6.07) is 16.2. The van der Waals surface area contributed by atoms with Crippen LogP contribution >= 0.6 is 11.8 Å². The zero-order chi connectivity index (χ0) is 24.4. The number of amides is 1. The molecular weight excluding hydrogens is 463 g/mol. The van der Waals surface area contributed by atoms with E-state index in [4.69, 9.17) is 4.74 Å². The van der Waals surface area contributed by atoms with Crippen LogP contribution in [0.5, 0.6) is 5.75 Å². The van der Waals surface area contributed by atoms with Gasteiger partial charge in [-0.05, 0) is 68.2 Å². The Morgan fingerprint density at radius 3 is 2.63 bits per heavy atom. The van der Waals surface area contributed by atoms with Crippen LogP contribution in [0.1, 0.15) is 44.5 Å². The van der Waals surface area contributed by atoms with Crippen molar-refractivity contribution in [2.75, 3.05) is 17.7 Å². The standard InChI is InChI=1S/C27H31FN4O2S/c1-18(22-15-19-12-13-20(22)14-19)32-25(16-34-24-11-7-6-10-23(24)28)29-30-27(32)35-17-26(33)31(2)21-8-4-3-5-9-21/h3-11,18-20,22H,12-17H2,1-2H3/t18-,19+,20+,22-/m0/s1. The molecule has 2 fully saturated rings. The van der Waals surface area contributed by atoms with Crippen molar-refractivity contribution in [3.8, 4) is 5.75 Å². The molecule has 2 aliphatic carbocycles. The molecule has 0 unspecified atom stereocenters. The molecule has 2 aromatic carbocycles. The molecule has 8 heteroatoms. The molecule has 2 bridgehead atoms. The molecule has 2 aliphatic rings. The molecule has 0 radical (unpaired) electrons. The smallest absolute Gasteiger partial charge is 0.237 e. The van der Waals surface area contributed by atoms with Crippen molar-refractivity contribution in [3.63, 3.8) is 0 Å². The first kappa shape index (κ1) is 23.9. The molecule has 4 atom stereocenters. The average Bonchev–Trinajstić information content (AvgIpc) is 3.62. The summed E-state index contributed by atoms with van der Waals surface area (Å²) in [5.41, 5.74) is 0.855. The maximum atomic E-state index is 14.1. The van der Waals surface area contributed by atoms with Crippen molar-refractivity contribution in [3.05, 3.63) is 66.2 Å². The summed E-state index contributed by atoms with van der Waals surface area (Å²) in [4.78, 5) is 14.6. The highest BCUT2D eigenvalue weighted by molar-refractivity contribution is 7.99. The third-order valence-corrected chi connectivity index (χ3v) is 8.52. The molecule has 35 heavy (non-hydrogen) atoms. The summed E-state index contributed by atoms with van der Waals surface area (Å²) in [7, 11) is 1.79. The lowest BCUT2D eigenvalue weighted by atomic mass is 9.84. The van der Waals surface area contributed by atoms with Crippen LogP contribution in [-0.4, -0.2) is 33.5 Å². The van der Waals surface area contributed by atoms with Gasteiger partial charge in [0.15, 0.2) is 22.5 Å². The van der Waals surface area contributed by atoms with Crippen LogP contribution < -0.4 is 9.64 Å². The van der Waals surface area contributed by atoms with Gasteiger partial charge in [0, 0.05) is 18.8 Å². The van der Waals surface area contributed by atoms with Gasteiger partial charge in [-0.2, -0.15) is 0 Å². The van der Waals surface area contributed by atoms with Crippen molar-refractivity contribution < 1.29 is 13.9 Å². The first-order valence-corrected chi connectivity index (χ1v) is 13.3. The van der Waals surface area contributed by atoms with Gasteiger partial charge in [-0.3, -0.25) is 9.36 Å². The Balaban J connectivity index is 1.34. The number of rotatable bonds is 9. The van der Waals surface area contributed by atoms with E-state index in [9.17, 15) is 9.18 Å². The van der Waals surface area contributed by atoms with E-state index in [0.717, 1.165) is 17.5 Å². The van der Waals surface area contributed by atoms with Gasteiger partial charge >= 0.3 is 0 Å². The number of hydrogen-bond acceptors (Lipinski definition) is 5. The van der Waals surface area contributed by atoms with Gasteiger partial charge in [-0.1, -0.05) is 48.5 Å². The number of hydrogen-bond donors (Lipinski definition) is 0. The Morgan fingerprint density at radius 1 is 1.14 bits per heavy atom. The highest BCUT2D eigenvalue weighted by Gasteiger charge is 2.43. The van der Waals surface area contributed by atoms with Crippen LogP contribution in [0.2, 0.25) is 0 Å². The van der Waals surface area contributed by atoms with Crippen LogP contribution in [0.3, 0.4) is 0 Å². The first-order valence-electron chi connectivity index (χ1n) is 12.3. The molecule has 5 rings (SSSR count). The third-order valence-electron chi connectivity index (χ3n) is 7.59. The maximum absolute atomic E-state index is 14.1. The minimum Gasteiger partial charge on any atom is -0.483 e. The number of fused-ring (bicyclic) bond motifs is 2. The van der Waals surface area contributed by atoms with E-state index >= 15 is 0 Å². The van der Waals surface area contributed by atoms with Crippen molar-refractivity contribution in [2.45, 2.75) is 50.4 Å². The zero-order valence-electron chi connectivity index (χ0n) is 20.1. The summed E-state index contributed by atoms with van der Waals surface area (Å²) in [6.07, 6.45) is 5.14. The molecule has 6 nitrogen and oxygen atoms in total. The quantitative estimate of drug-likeness (QED) is 0.355. The number of carbonyl (C=O) groups excluding carboxylic acids is 1. The van der Waals surface area contributed by atoms with Crippen LogP contribution in [0.25, 0.3) is 0 Å². The Labute approximate surface area is 209 Å². The van der Waals surface area contributed by atoms with Crippen molar-refractivity contribution in [1.29, 1.82) is 0 Å². The maximum Gasteiger partial charge on any atom is 0.237 e. The average molecular weight is 495 g/mol. The Bertz CT molecular complexity index is 1170. The van der Waals surface area contributed by atoms with Gasteiger partial charge in [0.25, 0.3) is 0 Å². The molecule has 0 aliphatic heterocycles. The Hall–Kier alpha value is -2.87. The second-order valence-corrected chi connectivity index (χ2v) is 10.6. The number of aromatic nitrogens is 3. The number of carbonyl (C=O) groups is 1. The minimum absolute atomic E-state index is 0.00696. The topological polar surface area (TPSA) is 60.2 Å². The molecular formula is C27H31FN4O2S. The Kier molecular flexibility index (Phi) is 7.09. The van der Waals surface area contributed by atoms with Gasteiger partial charge in [-0.15, -0.1) is 10.2 Å². The normalized spacial score (nSPS) is 21.7. The zero-order valence-corrected chi connectivity index (χ0v) is 21.0. The number of thioether (sulfide) groups is 1. The van der Waals surface area contributed by atoms with E-state index in [1.54, 1.807) is 30.1 Å². The summed E-state index contributed by atoms with van der Waals surface area (Å²) in [6.45, 7) is 2.35. The number of anilines is 1. The summed E-state index contributed by atoms with van der Waals surface area (Å²) >= 11 is 1.40. The molecule has 1 aromatic heterocycles. The van der Waals surface area contributed by atoms with E-state index in [-0.39, 0.29) is 30.1 Å². The number of para-hydroxylation sites is 2. The number of benzene rings is 2. The summed E-state index contributed by atoms with van der Waals surface area (Å²) < 4.78 is 22.0. The van der Waals surface area contributed by atoms with E-state index in [1.807, 2.05) is 30.3 Å². The second kappa shape index (κ2) is 10.4. The molecule has 1 amide bonds. The SMILES string of the molecule is C[C@@H]([C@@H]1C[C@@H]2CC[C@@H]1C2)n1c(COc2ccccc2F)nnc1SCC(=O)N(C)c1ccccc1. The van der Waals surface area contributed by atoms with Gasteiger partial charge < -0.3 is 9.64 Å². The van der Waals surface area contributed by atoms with Crippen molar-refractivity contribution >= 4 is 23.4 Å². The lowest BCUT2D eigenvalue weighted by Crippen LogP contribution is -2.28.